The van der Waals surface area contributed by atoms with E-state index in [9.17, 15) is 9.18 Å². The largest absolute Gasteiger partial charge is 0.441 e. The molecular weight excluding hydrogens is 343 g/mol. The van der Waals surface area contributed by atoms with Gasteiger partial charge in [0, 0.05) is 24.9 Å². The van der Waals surface area contributed by atoms with Gasteiger partial charge in [0.15, 0.2) is 11.7 Å². The molecule has 0 bridgehead atoms. The second kappa shape index (κ2) is 7.74. The first-order chi connectivity index (χ1) is 13.2. The number of aromatic nitrogens is 1. The maximum absolute atomic E-state index is 13.0. The van der Waals surface area contributed by atoms with Crippen molar-refractivity contribution >= 4 is 5.91 Å². The highest BCUT2D eigenvalue weighted by Crippen LogP contribution is 2.32. The van der Waals surface area contributed by atoms with Crippen LogP contribution in [0.5, 0.6) is 0 Å². The van der Waals surface area contributed by atoms with E-state index >= 15 is 0 Å². The van der Waals surface area contributed by atoms with Crippen molar-refractivity contribution in [1.29, 1.82) is 0 Å². The van der Waals surface area contributed by atoms with E-state index in [4.69, 9.17) is 4.42 Å². The maximum Gasteiger partial charge on any atom is 0.223 e. The van der Waals surface area contributed by atoms with Crippen LogP contribution in [-0.2, 0) is 11.2 Å². The van der Waals surface area contributed by atoms with E-state index in [0.717, 1.165) is 24.9 Å². The van der Waals surface area contributed by atoms with Crippen LogP contribution in [0.25, 0.3) is 11.3 Å². The van der Waals surface area contributed by atoms with Gasteiger partial charge in [0.2, 0.25) is 5.91 Å². The zero-order valence-electron chi connectivity index (χ0n) is 15.0. The highest BCUT2D eigenvalue weighted by atomic mass is 19.1. The van der Waals surface area contributed by atoms with Gasteiger partial charge < -0.3 is 9.32 Å². The molecule has 1 amide bonds. The monoisotopic (exact) mass is 364 g/mol. The zero-order chi connectivity index (χ0) is 18.6. The Morgan fingerprint density at radius 1 is 1.15 bits per heavy atom. The Labute approximate surface area is 157 Å². The predicted molar refractivity (Wildman–Crippen MR) is 100 cm³/mol. The number of carbonyl (C=O) groups excluding carboxylic acids is 1. The normalized spacial score (nSPS) is 16.6. The minimum Gasteiger partial charge on any atom is -0.441 e. The first-order valence-corrected chi connectivity index (χ1v) is 9.26. The standard InChI is InChI=1S/C22H21FN2O2/c23-18-10-8-17(9-11-18)20-15-24-21(27-20)12-13-22(26)25-14-4-7-19(25)16-5-2-1-3-6-16/h1-3,5-6,8-11,15,19H,4,7,12-14H2. The molecule has 2 aromatic carbocycles. The maximum atomic E-state index is 13.0. The lowest BCUT2D eigenvalue weighted by Crippen LogP contribution is -2.30. The molecule has 0 N–H and O–H groups in total. The van der Waals surface area contributed by atoms with E-state index in [2.05, 4.69) is 17.1 Å². The average molecular weight is 364 g/mol. The van der Waals surface area contributed by atoms with Gasteiger partial charge >= 0.3 is 0 Å². The van der Waals surface area contributed by atoms with Crippen molar-refractivity contribution in [1.82, 2.24) is 9.88 Å². The van der Waals surface area contributed by atoms with E-state index in [1.54, 1.807) is 18.3 Å². The van der Waals surface area contributed by atoms with Crippen molar-refractivity contribution in [3.63, 3.8) is 0 Å². The first kappa shape index (κ1) is 17.5. The molecule has 27 heavy (non-hydrogen) atoms. The average Bonchev–Trinajstić information content (AvgIpc) is 3.37. The number of carbonyl (C=O) groups is 1. The molecule has 4 rings (SSSR count). The van der Waals surface area contributed by atoms with Crippen molar-refractivity contribution in [3.8, 4) is 11.3 Å². The summed E-state index contributed by atoms with van der Waals surface area (Å²) in [4.78, 5) is 19.0. The Morgan fingerprint density at radius 3 is 2.70 bits per heavy atom. The Bertz CT molecular complexity index is 906. The number of oxazole rings is 1. The third kappa shape index (κ3) is 3.92. The van der Waals surface area contributed by atoms with Crippen molar-refractivity contribution < 1.29 is 13.6 Å². The summed E-state index contributed by atoms with van der Waals surface area (Å²) in [7, 11) is 0. The zero-order valence-corrected chi connectivity index (χ0v) is 15.0. The lowest BCUT2D eigenvalue weighted by Gasteiger charge is -2.25. The quantitative estimate of drug-likeness (QED) is 0.655. The molecule has 1 saturated heterocycles. The highest BCUT2D eigenvalue weighted by molar-refractivity contribution is 5.77. The smallest absolute Gasteiger partial charge is 0.223 e. The lowest BCUT2D eigenvalue weighted by molar-refractivity contribution is -0.132. The summed E-state index contributed by atoms with van der Waals surface area (Å²) < 4.78 is 18.8. The third-order valence-electron chi connectivity index (χ3n) is 4.99. The Hall–Kier alpha value is -2.95. The molecule has 2 heterocycles. The summed E-state index contributed by atoms with van der Waals surface area (Å²) in [5, 5.41) is 0. The number of aryl methyl sites for hydroxylation is 1. The van der Waals surface area contributed by atoms with Crippen molar-refractivity contribution in [2.45, 2.75) is 31.7 Å². The second-order valence-corrected chi connectivity index (χ2v) is 6.78. The molecule has 0 radical (unpaired) electrons. The molecule has 0 saturated carbocycles. The molecule has 0 aliphatic carbocycles. The Balaban J connectivity index is 1.39. The number of hydrogen-bond acceptors (Lipinski definition) is 3. The minimum atomic E-state index is -0.289. The van der Waals surface area contributed by atoms with Crippen LogP contribution in [-0.4, -0.2) is 22.3 Å². The molecular formula is C22H21FN2O2. The topological polar surface area (TPSA) is 46.3 Å². The predicted octanol–water partition coefficient (Wildman–Crippen LogP) is 4.78. The molecule has 138 valence electrons. The van der Waals surface area contributed by atoms with Crippen LogP contribution in [0, 0.1) is 5.82 Å². The van der Waals surface area contributed by atoms with Gasteiger partial charge in [0.25, 0.3) is 0 Å². The molecule has 1 aliphatic heterocycles. The van der Waals surface area contributed by atoms with E-state index in [0.29, 0.717) is 24.5 Å². The van der Waals surface area contributed by atoms with Crippen molar-refractivity contribution in [2.75, 3.05) is 6.54 Å². The number of hydrogen-bond donors (Lipinski definition) is 0. The van der Waals surface area contributed by atoms with Gasteiger partial charge in [-0.15, -0.1) is 0 Å². The number of rotatable bonds is 5. The lowest BCUT2D eigenvalue weighted by atomic mass is 10.0. The Kier molecular flexibility index (Phi) is 5.01. The SMILES string of the molecule is O=C(CCc1ncc(-c2ccc(F)cc2)o1)N1CCCC1c1ccccc1. The van der Waals surface area contributed by atoms with Crippen molar-refractivity contribution in [2.24, 2.45) is 0 Å². The van der Waals surface area contributed by atoms with E-state index in [1.807, 2.05) is 23.1 Å². The van der Waals surface area contributed by atoms with Gasteiger partial charge in [0.05, 0.1) is 12.2 Å². The molecule has 0 spiro atoms. The fraction of sp³-hybridized carbons (Fsp3) is 0.273. The molecule has 1 atom stereocenters. The third-order valence-corrected chi connectivity index (χ3v) is 4.99. The van der Waals surface area contributed by atoms with Crippen LogP contribution in [0.3, 0.4) is 0 Å². The van der Waals surface area contributed by atoms with Crippen LogP contribution in [0.4, 0.5) is 4.39 Å². The number of benzene rings is 2. The van der Waals surface area contributed by atoms with Gasteiger partial charge in [-0.25, -0.2) is 9.37 Å². The van der Waals surface area contributed by atoms with Gasteiger partial charge in [-0.1, -0.05) is 30.3 Å². The van der Waals surface area contributed by atoms with Crippen LogP contribution in [0.15, 0.2) is 65.2 Å². The number of halogens is 1. The summed E-state index contributed by atoms with van der Waals surface area (Å²) >= 11 is 0. The van der Waals surface area contributed by atoms with E-state index < -0.39 is 0 Å². The van der Waals surface area contributed by atoms with Gasteiger partial charge in [-0.2, -0.15) is 0 Å². The van der Waals surface area contributed by atoms with E-state index in [-0.39, 0.29) is 17.8 Å². The van der Waals surface area contributed by atoms with Crippen LogP contribution < -0.4 is 0 Å². The molecule has 4 nitrogen and oxygen atoms in total. The highest BCUT2D eigenvalue weighted by Gasteiger charge is 2.29. The van der Waals surface area contributed by atoms with Crippen LogP contribution in [0.1, 0.15) is 36.8 Å². The van der Waals surface area contributed by atoms with Gasteiger partial charge in [0.1, 0.15) is 5.82 Å². The molecule has 5 heteroatoms. The molecule has 1 aromatic heterocycles. The molecule has 1 fully saturated rings. The first-order valence-electron chi connectivity index (χ1n) is 9.26. The summed E-state index contributed by atoms with van der Waals surface area (Å²) in [5.74, 6) is 0.949. The number of amides is 1. The van der Waals surface area contributed by atoms with Gasteiger partial charge in [-0.3, -0.25) is 4.79 Å². The minimum absolute atomic E-state index is 0.128. The fourth-order valence-corrected chi connectivity index (χ4v) is 3.62. The number of nitrogens with zero attached hydrogens (tertiary/aromatic N) is 2. The summed E-state index contributed by atoms with van der Waals surface area (Å²) in [6.45, 7) is 0.796. The molecule has 1 aliphatic rings. The summed E-state index contributed by atoms with van der Waals surface area (Å²) in [6.07, 6.45) is 4.48. The summed E-state index contributed by atoms with van der Waals surface area (Å²) in [5.41, 5.74) is 1.96. The van der Waals surface area contributed by atoms with Crippen LogP contribution >= 0.6 is 0 Å². The van der Waals surface area contributed by atoms with Gasteiger partial charge in [-0.05, 0) is 42.7 Å². The molecule has 3 aromatic rings. The Morgan fingerprint density at radius 2 is 1.93 bits per heavy atom. The second-order valence-electron chi connectivity index (χ2n) is 6.78. The van der Waals surface area contributed by atoms with E-state index in [1.165, 1.54) is 17.7 Å². The van der Waals surface area contributed by atoms with Crippen LogP contribution in [0.2, 0.25) is 0 Å². The fourth-order valence-electron chi connectivity index (χ4n) is 3.62. The number of likely N-dealkylation sites (tertiary alicyclic amines) is 1. The van der Waals surface area contributed by atoms with Crippen molar-refractivity contribution in [3.05, 3.63) is 78.1 Å². The molecule has 1 unspecified atom stereocenters. The summed E-state index contributed by atoms with van der Waals surface area (Å²) in [6, 6.07) is 16.4.